The Morgan fingerprint density at radius 2 is 1.89 bits per heavy atom. The quantitative estimate of drug-likeness (QED) is 0.367. The van der Waals surface area contributed by atoms with E-state index in [1.807, 2.05) is 6.92 Å². The van der Waals surface area contributed by atoms with Gasteiger partial charge in [-0.05, 0) is 86.0 Å². The fraction of sp³-hybridized carbons (Fsp3) is 0.414. The van der Waals surface area contributed by atoms with Crippen molar-refractivity contribution in [2.24, 2.45) is 11.8 Å². The normalized spacial score (nSPS) is 21.4. The van der Waals surface area contributed by atoms with E-state index in [1.165, 1.54) is 12.1 Å². The van der Waals surface area contributed by atoms with E-state index in [4.69, 9.17) is 9.47 Å². The van der Waals surface area contributed by atoms with Crippen LogP contribution in [0.5, 0.6) is 11.5 Å². The van der Waals surface area contributed by atoms with E-state index in [0.29, 0.717) is 36.5 Å². The van der Waals surface area contributed by atoms with Crippen molar-refractivity contribution in [1.82, 2.24) is 15.1 Å². The topological polar surface area (TPSA) is 64.5 Å². The maximum atomic E-state index is 13.5. The number of hydrogen-bond acceptors (Lipinski definition) is 6. The second-order valence-corrected chi connectivity index (χ2v) is 9.70. The van der Waals surface area contributed by atoms with Gasteiger partial charge in [0.15, 0.2) is 5.78 Å². The summed E-state index contributed by atoms with van der Waals surface area (Å²) < 4.78 is 25.3. The van der Waals surface area contributed by atoms with Crippen molar-refractivity contribution >= 4 is 5.78 Å². The van der Waals surface area contributed by atoms with Crippen molar-refractivity contribution in [3.63, 3.8) is 0 Å². The summed E-state index contributed by atoms with van der Waals surface area (Å²) in [6, 6.07) is 12.8. The van der Waals surface area contributed by atoms with Gasteiger partial charge in [0.2, 0.25) is 0 Å². The molecule has 1 aliphatic heterocycles. The average Bonchev–Trinajstić information content (AvgIpc) is 3.48. The van der Waals surface area contributed by atoms with Gasteiger partial charge in [-0.3, -0.25) is 9.69 Å². The standard InChI is InChI=1S/C29H32FN3O3/c1-3-36-28-15-19(14-27(35-2)29(28)20-4-7-23(30)8-5-20)18-33-13-11-24-21(6-9-25(24)33)16-26(34)22-10-12-31-32-17-22/h4-5,7-8,10,12,14-15,17,21,24-25H,3,6,9,11,13,16,18H2,1-2H3/t21?,24-,25+/m0/s1. The van der Waals surface area contributed by atoms with Crippen molar-refractivity contribution in [1.29, 1.82) is 0 Å². The number of benzene rings is 2. The molecule has 1 saturated carbocycles. The van der Waals surface area contributed by atoms with E-state index in [9.17, 15) is 9.18 Å². The second-order valence-electron chi connectivity index (χ2n) is 9.70. The van der Waals surface area contributed by atoms with Crippen molar-refractivity contribution in [3.8, 4) is 22.6 Å². The van der Waals surface area contributed by atoms with Gasteiger partial charge >= 0.3 is 0 Å². The minimum Gasteiger partial charge on any atom is -0.496 e. The van der Waals surface area contributed by atoms with E-state index in [-0.39, 0.29) is 11.6 Å². The number of nitrogens with zero attached hydrogens (tertiary/aromatic N) is 3. The second kappa shape index (κ2) is 10.7. The molecule has 6 nitrogen and oxygen atoms in total. The van der Waals surface area contributed by atoms with E-state index in [1.54, 1.807) is 37.7 Å². The largest absolute Gasteiger partial charge is 0.496 e. The summed E-state index contributed by atoms with van der Waals surface area (Å²) in [6.07, 6.45) is 7.02. The van der Waals surface area contributed by atoms with Crippen molar-refractivity contribution < 1.29 is 18.7 Å². The minimum absolute atomic E-state index is 0.163. The monoisotopic (exact) mass is 489 g/mol. The molecule has 2 heterocycles. The molecular weight excluding hydrogens is 457 g/mol. The van der Waals surface area contributed by atoms with Crippen LogP contribution in [0.2, 0.25) is 0 Å². The van der Waals surface area contributed by atoms with Gasteiger partial charge in [0.25, 0.3) is 0 Å². The Morgan fingerprint density at radius 1 is 1.08 bits per heavy atom. The molecule has 1 aliphatic carbocycles. The van der Waals surface area contributed by atoms with Gasteiger partial charge in [-0.15, -0.1) is 0 Å². The summed E-state index contributed by atoms with van der Waals surface area (Å²) in [5, 5.41) is 7.63. The molecule has 1 saturated heterocycles. The molecule has 1 aromatic heterocycles. The maximum absolute atomic E-state index is 13.5. The average molecular weight is 490 g/mol. The highest BCUT2D eigenvalue weighted by atomic mass is 19.1. The van der Waals surface area contributed by atoms with E-state index in [2.05, 4.69) is 27.2 Å². The Kier molecular flexibility index (Phi) is 7.28. The molecular formula is C29H32FN3O3. The number of hydrogen-bond donors (Lipinski definition) is 0. The number of ether oxygens (including phenoxy) is 2. The highest BCUT2D eigenvalue weighted by molar-refractivity contribution is 5.95. The first kappa shape index (κ1) is 24.4. The third-order valence-electron chi connectivity index (χ3n) is 7.67. The summed E-state index contributed by atoms with van der Waals surface area (Å²) in [5.41, 5.74) is 3.48. The molecule has 3 atom stereocenters. The molecule has 2 aromatic carbocycles. The summed E-state index contributed by atoms with van der Waals surface area (Å²) in [7, 11) is 1.66. The number of methoxy groups -OCH3 is 1. The Balaban J connectivity index is 1.32. The van der Waals surface area contributed by atoms with Crippen LogP contribution in [-0.2, 0) is 6.54 Å². The number of ketones is 1. The zero-order chi connectivity index (χ0) is 25.1. The van der Waals surface area contributed by atoms with Crippen LogP contribution >= 0.6 is 0 Å². The summed E-state index contributed by atoms with van der Waals surface area (Å²) >= 11 is 0. The molecule has 1 unspecified atom stereocenters. The number of carbonyl (C=O) groups is 1. The lowest BCUT2D eigenvalue weighted by Crippen LogP contribution is -2.30. The lowest BCUT2D eigenvalue weighted by atomic mass is 9.88. The number of Topliss-reactive ketones (excluding diaryl/α,β-unsaturated/α-hetero) is 1. The lowest BCUT2D eigenvalue weighted by Gasteiger charge is -2.25. The fourth-order valence-corrected chi connectivity index (χ4v) is 6.05. The summed E-state index contributed by atoms with van der Waals surface area (Å²) in [4.78, 5) is 15.3. The van der Waals surface area contributed by atoms with Gasteiger partial charge in [0.1, 0.15) is 17.3 Å². The number of rotatable bonds is 9. The summed E-state index contributed by atoms with van der Waals surface area (Å²) in [6.45, 7) is 4.30. The highest BCUT2D eigenvalue weighted by Gasteiger charge is 2.44. The Labute approximate surface area is 211 Å². The van der Waals surface area contributed by atoms with Gasteiger partial charge in [0.05, 0.1) is 31.7 Å². The Morgan fingerprint density at radius 3 is 2.61 bits per heavy atom. The number of halogens is 1. The number of likely N-dealkylation sites (tertiary alicyclic amines) is 1. The molecule has 0 amide bonds. The minimum atomic E-state index is -0.273. The molecule has 0 spiro atoms. The van der Waals surface area contributed by atoms with Crippen molar-refractivity contribution in [3.05, 3.63) is 71.8 Å². The molecule has 5 rings (SSSR count). The molecule has 0 bridgehead atoms. The maximum Gasteiger partial charge on any atom is 0.164 e. The van der Waals surface area contributed by atoms with Gasteiger partial charge < -0.3 is 9.47 Å². The number of aromatic nitrogens is 2. The first-order chi connectivity index (χ1) is 17.6. The molecule has 3 aromatic rings. The molecule has 36 heavy (non-hydrogen) atoms. The van der Waals surface area contributed by atoms with Crippen LogP contribution in [0.25, 0.3) is 11.1 Å². The molecule has 0 radical (unpaired) electrons. The highest BCUT2D eigenvalue weighted by Crippen LogP contribution is 2.45. The SMILES string of the molecule is CCOc1cc(CN2CC[C@H]3C(CC(=O)c4ccnnc4)CC[C@H]32)cc(OC)c1-c1ccc(F)cc1. The van der Waals surface area contributed by atoms with Crippen LogP contribution in [-0.4, -0.2) is 47.2 Å². The van der Waals surface area contributed by atoms with Crippen LogP contribution in [0.3, 0.4) is 0 Å². The lowest BCUT2D eigenvalue weighted by molar-refractivity contribution is 0.0948. The number of carbonyl (C=O) groups excluding carboxylic acids is 1. The molecule has 2 aliphatic rings. The van der Waals surface area contributed by atoms with Crippen LogP contribution in [0.15, 0.2) is 54.9 Å². The summed E-state index contributed by atoms with van der Waals surface area (Å²) in [5.74, 6) is 2.31. The molecule has 2 fully saturated rings. The van der Waals surface area contributed by atoms with E-state index in [0.717, 1.165) is 60.5 Å². The van der Waals surface area contributed by atoms with Crippen LogP contribution in [0, 0.1) is 17.7 Å². The fourth-order valence-electron chi connectivity index (χ4n) is 6.05. The Bertz CT molecular complexity index is 1200. The van der Waals surface area contributed by atoms with Crippen LogP contribution < -0.4 is 9.47 Å². The van der Waals surface area contributed by atoms with E-state index < -0.39 is 0 Å². The Hall–Kier alpha value is -3.32. The van der Waals surface area contributed by atoms with Crippen LogP contribution in [0.1, 0.15) is 48.5 Å². The zero-order valence-electron chi connectivity index (χ0n) is 20.8. The van der Waals surface area contributed by atoms with E-state index >= 15 is 0 Å². The molecule has 7 heteroatoms. The molecule has 0 N–H and O–H groups in total. The van der Waals surface area contributed by atoms with Gasteiger partial charge in [-0.25, -0.2) is 4.39 Å². The number of fused-ring (bicyclic) bond motifs is 1. The first-order valence-corrected chi connectivity index (χ1v) is 12.7. The predicted octanol–water partition coefficient (Wildman–Crippen LogP) is 5.56. The van der Waals surface area contributed by atoms with Gasteiger partial charge in [0, 0.05) is 24.6 Å². The zero-order valence-corrected chi connectivity index (χ0v) is 20.8. The first-order valence-electron chi connectivity index (χ1n) is 12.7. The molecule has 188 valence electrons. The smallest absolute Gasteiger partial charge is 0.164 e. The predicted molar refractivity (Wildman–Crippen MR) is 136 cm³/mol. The third kappa shape index (κ3) is 4.98. The van der Waals surface area contributed by atoms with Gasteiger partial charge in [-0.1, -0.05) is 12.1 Å². The van der Waals surface area contributed by atoms with Crippen molar-refractivity contribution in [2.75, 3.05) is 20.3 Å². The third-order valence-corrected chi connectivity index (χ3v) is 7.67. The van der Waals surface area contributed by atoms with Gasteiger partial charge in [-0.2, -0.15) is 10.2 Å². The van der Waals surface area contributed by atoms with Crippen LogP contribution in [0.4, 0.5) is 4.39 Å². The van der Waals surface area contributed by atoms with Crippen molar-refractivity contribution in [2.45, 2.75) is 45.2 Å².